The topological polar surface area (TPSA) is 49.4 Å². The first-order chi connectivity index (χ1) is 10.2. The third-order valence-electron chi connectivity index (χ3n) is 4.55. The van der Waals surface area contributed by atoms with Crippen molar-refractivity contribution in [2.75, 3.05) is 16.8 Å². The van der Waals surface area contributed by atoms with Crippen LogP contribution in [0.3, 0.4) is 0 Å². The molecule has 1 aliphatic heterocycles. The Balaban J connectivity index is 1.76. The highest BCUT2D eigenvalue weighted by atomic mass is 16.2. The molecule has 0 bridgehead atoms. The van der Waals surface area contributed by atoms with Gasteiger partial charge in [0.05, 0.1) is 0 Å². The van der Waals surface area contributed by atoms with Gasteiger partial charge in [-0.05, 0) is 43.0 Å². The highest BCUT2D eigenvalue weighted by molar-refractivity contribution is 5.98. The van der Waals surface area contributed by atoms with Gasteiger partial charge in [0.15, 0.2) is 0 Å². The first kappa shape index (κ1) is 14.1. The molecule has 0 aromatic heterocycles. The van der Waals surface area contributed by atoms with Gasteiger partial charge < -0.3 is 10.2 Å². The number of amides is 2. The molecule has 1 aromatic carbocycles. The Morgan fingerprint density at radius 1 is 1.29 bits per heavy atom. The molecule has 0 atom stereocenters. The van der Waals surface area contributed by atoms with E-state index < -0.39 is 0 Å². The minimum atomic E-state index is 0.0202. The number of carbonyl (C=O) groups is 2. The first-order valence-electron chi connectivity index (χ1n) is 7.93. The second-order valence-electron chi connectivity index (χ2n) is 5.97. The maximum Gasteiger partial charge on any atom is 0.230 e. The van der Waals surface area contributed by atoms with Crippen LogP contribution in [0, 0.1) is 5.92 Å². The van der Waals surface area contributed by atoms with Crippen molar-refractivity contribution in [2.24, 2.45) is 5.92 Å². The van der Waals surface area contributed by atoms with Crippen LogP contribution in [0.5, 0.6) is 0 Å². The lowest BCUT2D eigenvalue weighted by molar-refractivity contribution is -0.122. The van der Waals surface area contributed by atoms with Crippen molar-refractivity contribution >= 4 is 23.2 Å². The molecule has 2 aliphatic rings. The van der Waals surface area contributed by atoms with Gasteiger partial charge in [0.25, 0.3) is 0 Å². The fourth-order valence-electron chi connectivity index (χ4n) is 3.35. The SMILES string of the molecule is CCC(=O)Nc1ccc2c(c1)CCN2C(=O)C1CCCC1. The summed E-state index contributed by atoms with van der Waals surface area (Å²) < 4.78 is 0. The number of hydrogen-bond donors (Lipinski definition) is 1. The number of nitrogens with zero attached hydrogens (tertiary/aromatic N) is 1. The van der Waals surface area contributed by atoms with E-state index in [-0.39, 0.29) is 17.7 Å². The zero-order valence-corrected chi connectivity index (χ0v) is 12.5. The lowest BCUT2D eigenvalue weighted by Gasteiger charge is -2.21. The lowest BCUT2D eigenvalue weighted by atomic mass is 10.1. The molecule has 2 amide bonds. The van der Waals surface area contributed by atoms with Crippen LogP contribution >= 0.6 is 0 Å². The Morgan fingerprint density at radius 3 is 2.76 bits per heavy atom. The molecule has 0 spiro atoms. The Bertz CT molecular complexity index is 562. The maximum absolute atomic E-state index is 12.6. The molecule has 112 valence electrons. The molecule has 0 radical (unpaired) electrons. The van der Waals surface area contributed by atoms with E-state index >= 15 is 0 Å². The van der Waals surface area contributed by atoms with E-state index in [4.69, 9.17) is 0 Å². The molecule has 1 aliphatic carbocycles. The van der Waals surface area contributed by atoms with Gasteiger partial charge in [-0.3, -0.25) is 9.59 Å². The number of anilines is 2. The highest BCUT2D eigenvalue weighted by Crippen LogP contribution is 2.34. The Hall–Kier alpha value is -1.84. The molecule has 0 saturated heterocycles. The van der Waals surface area contributed by atoms with Crippen molar-refractivity contribution in [2.45, 2.75) is 45.4 Å². The summed E-state index contributed by atoms with van der Waals surface area (Å²) in [6.45, 7) is 2.61. The summed E-state index contributed by atoms with van der Waals surface area (Å²) in [7, 11) is 0. The quantitative estimate of drug-likeness (QED) is 0.928. The number of nitrogens with one attached hydrogen (secondary N) is 1. The van der Waals surface area contributed by atoms with Crippen molar-refractivity contribution in [3.05, 3.63) is 23.8 Å². The van der Waals surface area contributed by atoms with E-state index in [9.17, 15) is 9.59 Å². The van der Waals surface area contributed by atoms with Crippen molar-refractivity contribution in [1.82, 2.24) is 0 Å². The molecule has 4 nitrogen and oxygen atoms in total. The number of rotatable bonds is 3. The number of carbonyl (C=O) groups excluding carboxylic acids is 2. The molecule has 1 fully saturated rings. The third-order valence-corrected chi connectivity index (χ3v) is 4.55. The van der Waals surface area contributed by atoms with Crippen LogP contribution in [-0.2, 0) is 16.0 Å². The average molecular weight is 286 g/mol. The van der Waals surface area contributed by atoms with Crippen molar-refractivity contribution in [3.8, 4) is 0 Å². The highest BCUT2D eigenvalue weighted by Gasteiger charge is 2.31. The van der Waals surface area contributed by atoms with Gasteiger partial charge in [0.2, 0.25) is 11.8 Å². The molecule has 1 saturated carbocycles. The molecule has 1 heterocycles. The second-order valence-corrected chi connectivity index (χ2v) is 5.97. The predicted molar refractivity (Wildman–Crippen MR) is 83.4 cm³/mol. The van der Waals surface area contributed by atoms with Gasteiger partial charge in [0, 0.05) is 30.3 Å². The van der Waals surface area contributed by atoms with Crippen LogP contribution in [0.4, 0.5) is 11.4 Å². The molecule has 3 rings (SSSR count). The number of fused-ring (bicyclic) bond motifs is 1. The summed E-state index contributed by atoms with van der Waals surface area (Å²) in [4.78, 5) is 26.0. The van der Waals surface area contributed by atoms with Gasteiger partial charge in [-0.2, -0.15) is 0 Å². The first-order valence-corrected chi connectivity index (χ1v) is 7.93. The fourth-order valence-corrected chi connectivity index (χ4v) is 3.35. The monoisotopic (exact) mass is 286 g/mol. The van der Waals surface area contributed by atoms with Gasteiger partial charge in [0.1, 0.15) is 0 Å². The largest absolute Gasteiger partial charge is 0.326 e. The van der Waals surface area contributed by atoms with Crippen molar-refractivity contribution in [1.29, 1.82) is 0 Å². The Labute approximate surface area is 125 Å². The van der Waals surface area contributed by atoms with Crippen LogP contribution in [-0.4, -0.2) is 18.4 Å². The average Bonchev–Trinajstić information content (AvgIpc) is 3.15. The molecule has 0 unspecified atom stereocenters. The predicted octanol–water partition coefficient (Wildman–Crippen LogP) is 3.11. The minimum absolute atomic E-state index is 0.0202. The van der Waals surface area contributed by atoms with E-state index in [0.29, 0.717) is 6.42 Å². The van der Waals surface area contributed by atoms with E-state index in [1.165, 1.54) is 12.8 Å². The van der Waals surface area contributed by atoms with E-state index in [2.05, 4.69) is 5.32 Å². The van der Waals surface area contributed by atoms with Crippen molar-refractivity contribution < 1.29 is 9.59 Å². The van der Waals surface area contributed by atoms with Gasteiger partial charge in [-0.25, -0.2) is 0 Å². The number of hydrogen-bond acceptors (Lipinski definition) is 2. The normalized spacial score (nSPS) is 17.9. The third kappa shape index (κ3) is 2.80. The van der Waals surface area contributed by atoms with Gasteiger partial charge in [-0.15, -0.1) is 0 Å². The summed E-state index contributed by atoms with van der Waals surface area (Å²) >= 11 is 0. The summed E-state index contributed by atoms with van der Waals surface area (Å²) in [6, 6.07) is 5.87. The zero-order chi connectivity index (χ0) is 14.8. The summed E-state index contributed by atoms with van der Waals surface area (Å²) in [6.07, 6.45) is 5.79. The van der Waals surface area contributed by atoms with Crippen LogP contribution in [0.25, 0.3) is 0 Å². The summed E-state index contributed by atoms with van der Waals surface area (Å²) in [5, 5.41) is 2.88. The summed E-state index contributed by atoms with van der Waals surface area (Å²) in [5.41, 5.74) is 3.02. The zero-order valence-electron chi connectivity index (χ0n) is 12.5. The van der Waals surface area contributed by atoms with Crippen LogP contribution < -0.4 is 10.2 Å². The molecular weight excluding hydrogens is 264 g/mol. The van der Waals surface area contributed by atoms with Gasteiger partial charge in [-0.1, -0.05) is 19.8 Å². The lowest BCUT2D eigenvalue weighted by Crippen LogP contribution is -2.33. The minimum Gasteiger partial charge on any atom is -0.326 e. The summed E-state index contributed by atoms with van der Waals surface area (Å²) in [5.74, 6) is 0.527. The fraction of sp³-hybridized carbons (Fsp3) is 0.529. The molecule has 1 N–H and O–H groups in total. The van der Waals surface area contributed by atoms with E-state index in [1.807, 2.05) is 30.0 Å². The molecule has 4 heteroatoms. The van der Waals surface area contributed by atoms with E-state index in [0.717, 1.165) is 42.7 Å². The molecule has 1 aromatic rings. The smallest absolute Gasteiger partial charge is 0.230 e. The van der Waals surface area contributed by atoms with Crippen LogP contribution in [0.15, 0.2) is 18.2 Å². The standard InChI is InChI=1S/C17H22N2O2/c1-2-16(20)18-14-7-8-15-13(11-14)9-10-19(15)17(21)12-5-3-4-6-12/h7-8,11-12H,2-6,9-10H2,1H3,(H,18,20). The second kappa shape index (κ2) is 5.88. The number of benzene rings is 1. The Kier molecular flexibility index (Phi) is 3.95. The molecular formula is C17H22N2O2. The van der Waals surface area contributed by atoms with Crippen LogP contribution in [0.1, 0.15) is 44.6 Å². The molecule has 21 heavy (non-hydrogen) atoms. The van der Waals surface area contributed by atoms with Gasteiger partial charge >= 0.3 is 0 Å². The van der Waals surface area contributed by atoms with Crippen LogP contribution in [0.2, 0.25) is 0 Å². The van der Waals surface area contributed by atoms with Crippen molar-refractivity contribution in [3.63, 3.8) is 0 Å². The van der Waals surface area contributed by atoms with E-state index in [1.54, 1.807) is 0 Å². The maximum atomic E-state index is 12.6. The Morgan fingerprint density at radius 2 is 2.05 bits per heavy atom.